The van der Waals surface area contributed by atoms with E-state index >= 15 is 0 Å². The molecule has 1 atom stereocenters. The van der Waals surface area contributed by atoms with E-state index in [-0.39, 0.29) is 18.5 Å². The second-order valence-corrected chi connectivity index (χ2v) is 8.45. The van der Waals surface area contributed by atoms with Crippen LogP contribution in [-0.2, 0) is 16.1 Å². The van der Waals surface area contributed by atoms with Crippen molar-refractivity contribution >= 4 is 22.9 Å². The third-order valence-electron chi connectivity index (χ3n) is 5.12. The molecule has 3 rings (SSSR count). The van der Waals surface area contributed by atoms with Gasteiger partial charge in [0.2, 0.25) is 0 Å². The van der Waals surface area contributed by atoms with Gasteiger partial charge in [0.15, 0.2) is 0 Å². The van der Waals surface area contributed by atoms with Crippen LogP contribution in [0.5, 0.6) is 11.5 Å². The van der Waals surface area contributed by atoms with Crippen LogP contribution in [0.25, 0.3) is 5.57 Å². The molecule has 5 heteroatoms. The smallest absolute Gasteiger partial charge is 0.305 e. The van der Waals surface area contributed by atoms with Crippen LogP contribution in [0.1, 0.15) is 55.0 Å². The molecule has 0 radical (unpaired) electrons. The number of hydrogen-bond donors (Lipinski definition) is 0. The van der Waals surface area contributed by atoms with Crippen LogP contribution in [0, 0.1) is 6.92 Å². The van der Waals surface area contributed by atoms with Gasteiger partial charge in [-0.05, 0) is 78.4 Å². The van der Waals surface area contributed by atoms with Crippen LogP contribution in [0.15, 0.2) is 65.9 Å². The number of ether oxygens (including phenoxy) is 3. The van der Waals surface area contributed by atoms with Crippen LogP contribution >= 0.6 is 11.3 Å². The molecule has 1 unspecified atom stereocenters. The van der Waals surface area contributed by atoms with Gasteiger partial charge in [-0.15, -0.1) is 0 Å². The fourth-order valence-electron chi connectivity index (χ4n) is 3.45. The summed E-state index contributed by atoms with van der Waals surface area (Å²) in [7, 11) is 0. The van der Waals surface area contributed by atoms with Gasteiger partial charge in [0.05, 0.1) is 6.61 Å². The van der Waals surface area contributed by atoms with Crippen molar-refractivity contribution in [2.45, 2.75) is 46.3 Å². The van der Waals surface area contributed by atoms with E-state index in [0.29, 0.717) is 25.4 Å². The molecule has 0 N–H and O–H groups in total. The molecule has 0 amide bonds. The minimum atomic E-state index is -0.300. The first-order valence-electron chi connectivity index (χ1n) is 10.8. The van der Waals surface area contributed by atoms with Crippen molar-refractivity contribution < 1.29 is 19.0 Å². The Morgan fingerprint density at radius 1 is 1.16 bits per heavy atom. The summed E-state index contributed by atoms with van der Waals surface area (Å²) in [5, 5.41) is 4.11. The lowest BCUT2D eigenvalue weighted by Crippen LogP contribution is -2.14. The van der Waals surface area contributed by atoms with Crippen molar-refractivity contribution in [2.24, 2.45) is 0 Å². The number of esters is 1. The number of carbonyl (C=O) groups excluding carboxylic acids is 1. The van der Waals surface area contributed by atoms with Crippen molar-refractivity contribution in [1.29, 1.82) is 0 Å². The highest BCUT2D eigenvalue weighted by Crippen LogP contribution is 2.35. The monoisotopic (exact) mass is 450 g/mol. The largest absolute Gasteiger partial charge is 0.489 e. The minimum absolute atomic E-state index is 0.220. The molecule has 0 bridgehead atoms. The van der Waals surface area contributed by atoms with Gasteiger partial charge >= 0.3 is 5.97 Å². The van der Waals surface area contributed by atoms with E-state index in [1.54, 1.807) is 11.3 Å². The summed E-state index contributed by atoms with van der Waals surface area (Å²) in [6.07, 6.45) is 0.494. The van der Waals surface area contributed by atoms with E-state index in [2.05, 4.69) is 24.9 Å². The Hall–Kier alpha value is -3.05. The number of aryl methyl sites for hydroxylation is 1. The van der Waals surface area contributed by atoms with Crippen molar-refractivity contribution in [2.75, 3.05) is 6.61 Å². The quantitative estimate of drug-likeness (QED) is 0.291. The lowest BCUT2D eigenvalue weighted by molar-refractivity contribution is -0.143. The maximum atomic E-state index is 12.0. The highest BCUT2D eigenvalue weighted by Gasteiger charge is 2.20. The van der Waals surface area contributed by atoms with E-state index in [0.717, 1.165) is 33.6 Å². The lowest BCUT2D eigenvalue weighted by atomic mass is 9.99. The van der Waals surface area contributed by atoms with Gasteiger partial charge in [-0.3, -0.25) is 4.79 Å². The minimum Gasteiger partial charge on any atom is -0.489 e. The molecular formula is C27H30O4S. The van der Waals surface area contributed by atoms with Crippen molar-refractivity contribution in [3.8, 4) is 11.5 Å². The summed E-state index contributed by atoms with van der Waals surface area (Å²) in [5.41, 5.74) is 5.12. The molecule has 3 aromatic rings. The maximum absolute atomic E-state index is 12.0. The van der Waals surface area contributed by atoms with Crippen molar-refractivity contribution in [1.82, 2.24) is 0 Å². The first-order chi connectivity index (χ1) is 15.5. The fraction of sp³-hybridized carbons (Fsp3) is 0.296. The molecule has 0 aliphatic heterocycles. The Kier molecular flexibility index (Phi) is 8.51. The Labute approximate surface area is 194 Å². The molecule has 4 nitrogen and oxygen atoms in total. The molecule has 1 heterocycles. The SMILES string of the molecule is C=C(C)c1ccc(OCc2ccsc2)cc1OC(CCC(=O)OCC)c1ccccc1C. The number of benzene rings is 2. The molecule has 0 fully saturated rings. The lowest BCUT2D eigenvalue weighted by Gasteiger charge is -2.23. The van der Waals surface area contributed by atoms with Crippen LogP contribution < -0.4 is 9.47 Å². The second kappa shape index (κ2) is 11.5. The predicted octanol–water partition coefficient (Wildman–Crippen LogP) is 7.13. The number of hydrogen-bond acceptors (Lipinski definition) is 5. The van der Waals surface area contributed by atoms with Crippen LogP contribution in [-0.4, -0.2) is 12.6 Å². The first-order valence-corrected chi connectivity index (χ1v) is 11.7. The average Bonchev–Trinajstić information content (AvgIpc) is 3.29. The summed E-state index contributed by atoms with van der Waals surface area (Å²) in [4.78, 5) is 12.0. The van der Waals surface area contributed by atoms with E-state index < -0.39 is 0 Å². The Morgan fingerprint density at radius 3 is 2.66 bits per heavy atom. The molecule has 0 saturated carbocycles. The van der Waals surface area contributed by atoms with Crippen molar-refractivity contribution in [3.05, 3.63) is 88.1 Å². The van der Waals surface area contributed by atoms with E-state index in [1.165, 1.54) is 0 Å². The highest BCUT2D eigenvalue weighted by atomic mass is 32.1. The molecule has 0 spiro atoms. The van der Waals surface area contributed by atoms with Gasteiger partial charge in [0, 0.05) is 18.1 Å². The number of allylic oxidation sites excluding steroid dienone is 1. The number of rotatable bonds is 11. The van der Waals surface area contributed by atoms with Gasteiger partial charge in [-0.1, -0.05) is 30.8 Å². The summed E-state index contributed by atoms with van der Waals surface area (Å²) in [6.45, 7) is 10.8. The molecule has 168 valence electrons. The number of thiophene rings is 1. The molecule has 0 aliphatic carbocycles. The first kappa shape index (κ1) is 23.6. The summed E-state index contributed by atoms with van der Waals surface area (Å²) >= 11 is 1.65. The van der Waals surface area contributed by atoms with Crippen LogP contribution in [0.3, 0.4) is 0 Å². The number of carbonyl (C=O) groups is 1. The average molecular weight is 451 g/mol. The third-order valence-corrected chi connectivity index (χ3v) is 5.85. The zero-order valence-corrected chi connectivity index (χ0v) is 19.7. The van der Waals surface area contributed by atoms with E-state index in [1.807, 2.05) is 61.7 Å². The molecule has 0 aliphatic rings. The molecule has 2 aromatic carbocycles. The predicted molar refractivity (Wildman–Crippen MR) is 130 cm³/mol. The normalized spacial score (nSPS) is 11.6. The molecule has 0 saturated heterocycles. The van der Waals surface area contributed by atoms with Crippen molar-refractivity contribution in [3.63, 3.8) is 0 Å². The zero-order chi connectivity index (χ0) is 22.9. The van der Waals surface area contributed by atoms with E-state index in [4.69, 9.17) is 14.2 Å². The third kappa shape index (κ3) is 6.47. The second-order valence-electron chi connectivity index (χ2n) is 7.67. The van der Waals surface area contributed by atoms with Gasteiger partial charge in [0.25, 0.3) is 0 Å². The van der Waals surface area contributed by atoms with Gasteiger partial charge in [-0.2, -0.15) is 11.3 Å². The Bertz CT molecular complexity index is 1040. The highest BCUT2D eigenvalue weighted by molar-refractivity contribution is 7.07. The fourth-order valence-corrected chi connectivity index (χ4v) is 4.10. The Balaban J connectivity index is 1.86. The van der Waals surface area contributed by atoms with E-state index in [9.17, 15) is 4.79 Å². The van der Waals surface area contributed by atoms with Crippen LogP contribution in [0.2, 0.25) is 0 Å². The molecule has 32 heavy (non-hydrogen) atoms. The standard InChI is InChI=1S/C27H30O4S/c1-5-29-27(28)13-12-25(24-9-7-6-8-20(24)4)31-26-16-22(10-11-23(26)19(2)3)30-17-21-14-15-32-18-21/h6-11,14-16,18,25H,2,5,12-13,17H2,1,3-4H3. The zero-order valence-electron chi connectivity index (χ0n) is 18.9. The summed E-state index contributed by atoms with van der Waals surface area (Å²) in [6, 6.07) is 16.0. The molecular weight excluding hydrogens is 420 g/mol. The summed E-state index contributed by atoms with van der Waals surface area (Å²) in [5.74, 6) is 1.20. The molecule has 1 aromatic heterocycles. The van der Waals surface area contributed by atoms with Crippen LogP contribution in [0.4, 0.5) is 0 Å². The maximum Gasteiger partial charge on any atom is 0.305 e. The topological polar surface area (TPSA) is 44.8 Å². The van der Waals surface area contributed by atoms with Gasteiger partial charge < -0.3 is 14.2 Å². The Morgan fingerprint density at radius 2 is 1.97 bits per heavy atom. The van der Waals surface area contributed by atoms with Gasteiger partial charge in [-0.25, -0.2) is 0 Å². The summed E-state index contributed by atoms with van der Waals surface area (Å²) < 4.78 is 17.7. The van der Waals surface area contributed by atoms with Gasteiger partial charge in [0.1, 0.15) is 24.2 Å².